The number of aromatic amines is 2. The van der Waals surface area contributed by atoms with Crippen molar-refractivity contribution >= 4 is 22.1 Å². The molecule has 0 atom stereocenters. The molecule has 0 fully saturated rings. The van der Waals surface area contributed by atoms with E-state index in [1.807, 2.05) is 23.8 Å². The maximum absolute atomic E-state index is 15.6. The van der Waals surface area contributed by atoms with Gasteiger partial charge in [0.25, 0.3) is 0 Å². The fourth-order valence-corrected chi connectivity index (χ4v) is 3.68. The molecular weight excluding hydrogens is 397 g/mol. The Morgan fingerprint density at radius 3 is 2.74 bits per heavy atom. The third kappa shape index (κ3) is 2.69. The number of pyridine rings is 1. The van der Waals surface area contributed by atoms with Gasteiger partial charge in [0.05, 0.1) is 28.6 Å². The lowest BCUT2D eigenvalue weighted by Crippen LogP contribution is -1.92. The van der Waals surface area contributed by atoms with Crippen LogP contribution >= 0.6 is 0 Å². The molecule has 31 heavy (non-hydrogen) atoms. The fraction of sp³-hybridized carbons (Fsp3) is 0.0476. The molecule has 0 unspecified atom stereocenters. The number of hydrogen-bond donors (Lipinski definition) is 2. The summed E-state index contributed by atoms with van der Waals surface area (Å²) in [6, 6.07) is 5.32. The lowest BCUT2D eigenvalue weighted by atomic mass is 10.0. The predicted molar refractivity (Wildman–Crippen MR) is 112 cm³/mol. The van der Waals surface area contributed by atoms with E-state index in [-0.39, 0.29) is 0 Å². The summed E-state index contributed by atoms with van der Waals surface area (Å²) in [4.78, 5) is 24.4. The molecule has 0 bridgehead atoms. The first-order chi connectivity index (χ1) is 15.2. The van der Waals surface area contributed by atoms with E-state index in [9.17, 15) is 0 Å². The highest BCUT2D eigenvalue weighted by Crippen LogP contribution is 2.33. The summed E-state index contributed by atoms with van der Waals surface area (Å²) in [5.41, 5.74) is 4.85. The number of fused-ring (bicyclic) bond motifs is 2. The van der Waals surface area contributed by atoms with E-state index >= 15 is 4.39 Å². The number of aromatic nitrogens is 9. The number of nitrogens with one attached hydrogen (secondary N) is 2. The summed E-state index contributed by atoms with van der Waals surface area (Å²) in [7, 11) is 0. The van der Waals surface area contributed by atoms with E-state index in [0.29, 0.717) is 44.7 Å². The smallest absolute Gasteiger partial charge is 0.180 e. The van der Waals surface area contributed by atoms with Gasteiger partial charge in [-0.2, -0.15) is 5.10 Å². The molecule has 6 aromatic rings. The second-order valence-electron chi connectivity index (χ2n) is 7.09. The second-order valence-corrected chi connectivity index (χ2v) is 7.09. The molecular formula is C21H14FN9. The molecule has 2 N–H and O–H groups in total. The van der Waals surface area contributed by atoms with Gasteiger partial charge >= 0.3 is 0 Å². The van der Waals surface area contributed by atoms with Crippen molar-refractivity contribution in [2.75, 3.05) is 0 Å². The summed E-state index contributed by atoms with van der Waals surface area (Å²) >= 11 is 0. The monoisotopic (exact) mass is 411 g/mol. The maximum atomic E-state index is 15.6. The normalized spacial score (nSPS) is 11.5. The first-order valence-electron chi connectivity index (χ1n) is 9.47. The molecule has 0 aliphatic heterocycles. The van der Waals surface area contributed by atoms with Gasteiger partial charge in [-0.1, -0.05) is 0 Å². The standard InChI is InChI=1S/C21H14FN9/c1-11-8-31(10-26-11)15-4-5-25-20-18(15)27-21(28-20)19-16-14(29-30-19)3-2-13(17(16)22)12-6-23-9-24-7-12/h2-10H,1H3,(H,29,30)(H,25,27,28). The molecule has 0 amide bonds. The summed E-state index contributed by atoms with van der Waals surface area (Å²) < 4.78 is 17.4. The number of halogens is 1. The fourth-order valence-electron chi connectivity index (χ4n) is 3.68. The molecule has 10 heteroatoms. The van der Waals surface area contributed by atoms with Crippen molar-refractivity contribution in [3.8, 4) is 28.3 Å². The van der Waals surface area contributed by atoms with Gasteiger partial charge in [-0.3, -0.25) is 5.10 Å². The largest absolute Gasteiger partial charge is 0.333 e. The minimum absolute atomic E-state index is 0.334. The quantitative estimate of drug-likeness (QED) is 0.460. The molecule has 6 rings (SSSR count). The Morgan fingerprint density at radius 1 is 1.06 bits per heavy atom. The third-order valence-electron chi connectivity index (χ3n) is 5.12. The highest BCUT2D eigenvalue weighted by Gasteiger charge is 2.20. The Kier molecular flexibility index (Phi) is 3.66. The first kappa shape index (κ1) is 17.4. The molecule has 0 saturated heterocycles. The SMILES string of the molecule is Cc1cn(-c2ccnc3nc(-c4n[nH]c5ccc(-c6cncnc6)c(F)c45)[nH]c23)cn1. The van der Waals surface area contributed by atoms with Crippen LogP contribution in [0.25, 0.3) is 50.4 Å². The van der Waals surface area contributed by atoms with Gasteiger partial charge in [0.2, 0.25) is 0 Å². The van der Waals surface area contributed by atoms with Crippen molar-refractivity contribution < 1.29 is 4.39 Å². The Balaban J connectivity index is 1.56. The van der Waals surface area contributed by atoms with Crippen molar-refractivity contribution in [2.24, 2.45) is 0 Å². The Labute approximate surface area is 174 Å². The van der Waals surface area contributed by atoms with E-state index in [1.54, 1.807) is 37.1 Å². The molecule has 150 valence electrons. The number of rotatable bonds is 3. The highest BCUT2D eigenvalue weighted by atomic mass is 19.1. The van der Waals surface area contributed by atoms with Crippen LogP contribution in [0.3, 0.4) is 0 Å². The van der Waals surface area contributed by atoms with E-state index in [2.05, 4.69) is 40.1 Å². The van der Waals surface area contributed by atoms with Crippen LogP contribution in [-0.4, -0.2) is 44.7 Å². The molecule has 9 nitrogen and oxygen atoms in total. The van der Waals surface area contributed by atoms with Crippen LogP contribution in [-0.2, 0) is 0 Å². The van der Waals surface area contributed by atoms with Crippen LogP contribution < -0.4 is 0 Å². The van der Waals surface area contributed by atoms with Crippen LogP contribution in [0.2, 0.25) is 0 Å². The van der Waals surface area contributed by atoms with Gasteiger partial charge in [-0.25, -0.2) is 29.3 Å². The number of aryl methyl sites for hydroxylation is 1. The Bertz CT molecular complexity index is 1560. The number of nitrogens with zero attached hydrogens (tertiary/aromatic N) is 7. The summed E-state index contributed by atoms with van der Waals surface area (Å²) in [6.07, 6.45) is 9.86. The summed E-state index contributed by atoms with van der Waals surface area (Å²) in [6.45, 7) is 1.92. The molecule has 0 spiro atoms. The maximum Gasteiger partial charge on any atom is 0.180 e. The van der Waals surface area contributed by atoms with E-state index in [4.69, 9.17) is 0 Å². The molecule has 5 aromatic heterocycles. The highest BCUT2D eigenvalue weighted by molar-refractivity contribution is 5.96. The second kappa shape index (κ2) is 6.52. The lowest BCUT2D eigenvalue weighted by molar-refractivity contribution is 0.643. The zero-order chi connectivity index (χ0) is 20.9. The van der Waals surface area contributed by atoms with E-state index < -0.39 is 5.82 Å². The molecule has 0 saturated carbocycles. The average Bonchev–Trinajstić information content (AvgIpc) is 3.52. The van der Waals surface area contributed by atoms with Crippen LogP contribution in [0, 0.1) is 12.7 Å². The van der Waals surface area contributed by atoms with Crippen LogP contribution in [0.4, 0.5) is 4.39 Å². The van der Waals surface area contributed by atoms with Gasteiger partial charge in [-0.05, 0) is 25.1 Å². The zero-order valence-electron chi connectivity index (χ0n) is 16.2. The number of hydrogen-bond acceptors (Lipinski definition) is 6. The van der Waals surface area contributed by atoms with Gasteiger partial charge in [0.15, 0.2) is 11.5 Å². The van der Waals surface area contributed by atoms with Crippen LogP contribution in [0.15, 0.2) is 55.6 Å². The average molecular weight is 411 g/mol. The molecule has 0 aliphatic rings. The van der Waals surface area contributed by atoms with Crippen molar-refractivity contribution in [3.05, 3.63) is 67.2 Å². The Hall–Kier alpha value is -4.47. The van der Waals surface area contributed by atoms with Crippen molar-refractivity contribution in [2.45, 2.75) is 6.92 Å². The van der Waals surface area contributed by atoms with Gasteiger partial charge in [-0.15, -0.1) is 0 Å². The summed E-state index contributed by atoms with van der Waals surface area (Å²) in [5.74, 6) is -0.00618. The lowest BCUT2D eigenvalue weighted by Gasteiger charge is -2.04. The minimum atomic E-state index is -0.421. The zero-order valence-corrected chi connectivity index (χ0v) is 16.2. The van der Waals surface area contributed by atoms with E-state index in [1.165, 1.54) is 6.33 Å². The van der Waals surface area contributed by atoms with E-state index in [0.717, 1.165) is 11.4 Å². The number of H-pyrrole nitrogens is 2. The molecule has 1 aromatic carbocycles. The van der Waals surface area contributed by atoms with Crippen molar-refractivity contribution in [3.63, 3.8) is 0 Å². The van der Waals surface area contributed by atoms with Gasteiger partial charge < -0.3 is 9.55 Å². The summed E-state index contributed by atoms with van der Waals surface area (Å²) in [5, 5.41) is 7.54. The molecule has 0 aliphatic carbocycles. The number of imidazole rings is 2. The molecule has 0 radical (unpaired) electrons. The number of benzene rings is 1. The van der Waals surface area contributed by atoms with Crippen molar-refractivity contribution in [1.29, 1.82) is 0 Å². The van der Waals surface area contributed by atoms with Crippen LogP contribution in [0.1, 0.15) is 5.69 Å². The van der Waals surface area contributed by atoms with Crippen LogP contribution in [0.5, 0.6) is 0 Å². The first-order valence-corrected chi connectivity index (χ1v) is 9.47. The molecule has 5 heterocycles. The van der Waals surface area contributed by atoms with Crippen molar-refractivity contribution in [1.82, 2.24) is 44.7 Å². The topological polar surface area (TPSA) is 114 Å². The minimum Gasteiger partial charge on any atom is -0.333 e. The van der Waals surface area contributed by atoms with Gasteiger partial charge in [0.1, 0.15) is 23.4 Å². The predicted octanol–water partition coefficient (Wildman–Crippen LogP) is 3.59. The Morgan fingerprint density at radius 2 is 1.94 bits per heavy atom. The third-order valence-corrected chi connectivity index (χ3v) is 5.12. The van der Waals surface area contributed by atoms with Gasteiger partial charge in [0, 0.05) is 35.9 Å².